The van der Waals surface area contributed by atoms with Crippen LogP contribution in [0.2, 0.25) is 0 Å². The van der Waals surface area contributed by atoms with Crippen LogP contribution in [0.5, 0.6) is 0 Å². The van der Waals surface area contributed by atoms with Crippen molar-refractivity contribution >= 4 is 5.69 Å². The Morgan fingerprint density at radius 2 is 1.95 bits per heavy atom. The molecule has 0 spiro atoms. The van der Waals surface area contributed by atoms with Crippen molar-refractivity contribution in [2.45, 2.75) is 26.8 Å². The van der Waals surface area contributed by atoms with Crippen molar-refractivity contribution in [3.8, 4) is 6.07 Å². The molecule has 0 aliphatic rings. The number of nitriles is 1. The Balaban J connectivity index is 2.40. The van der Waals surface area contributed by atoms with E-state index in [0.29, 0.717) is 18.2 Å². The highest BCUT2D eigenvalue weighted by molar-refractivity contribution is 5.51. The topological polar surface area (TPSA) is 54.7 Å². The normalized spacial score (nSPS) is 10.6. The van der Waals surface area contributed by atoms with Crippen LogP contribution in [-0.2, 0) is 13.0 Å². The average molecular weight is 253 g/mol. The molecule has 1 aromatic carbocycles. The van der Waals surface area contributed by atoms with Crippen LogP contribution in [0.25, 0.3) is 0 Å². The van der Waals surface area contributed by atoms with Gasteiger partial charge < -0.3 is 10.3 Å². The number of nitrogen functional groups attached to an aromatic ring is 1. The molecule has 0 fully saturated rings. The first-order valence-electron chi connectivity index (χ1n) is 6.53. The molecular formula is C16H19N3. The monoisotopic (exact) mass is 253 g/mol. The van der Waals surface area contributed by atoms with Crippen LogP contribution in [0.1, 0.15) is 30.8 Å². The lowest BCUT2D eigenvalue weighted by atomic mass is 10.1. The zero-order chi connectivity index (χ0) is 13.8. The summed E-state index contributed by atoms with van der Waals surface area (Å²) in [5, 5.41) is 9.24. The zero-order valence-electron chi connectivity index (χ0n) is 11.4. The Morgan fingerprint density at radius 1 is 1.26 bits per heavy atom. The van der Waals surface area contributed by atoms with Crippen LogP contribution < -0.4 is 5.73 Å². The standard InChI is InChI=1S/C16H19N3/c1-12(2)8-16-15(18)9-14(10-17)19(16)11-13-6-4-3-5-7-13/h3-7,9,12H,8,11,18H2,1-2H3. The van der Waals surface area contributed by atoms with Gasteiger partial charge in [-0.3, -0.25) is 0 Å². The molecule has 0 aliphatic carbocycles. The summed E-state index contributed by atoms with van der Waals surface area (Å²) in [6, 6.07) is 14.2. The smallest absolute Gasteiger partial charge is 0.122 e. The Labute approximate surface area is 114 Å². The lowest BCUT2D eigenvalue weighted by Crippen LogP contribution is -2.10. The van der Waals surface area contributed by atoms with Crippen LogP contribution in [-0.4, -0.2) is 4.57 Å². The van der Waals surface area contributed by atoms with Gasteiger partial charge in [-0.2, -0.15) is 5.26 Å². The molecule has 19 heavy (non-hydrogen) atoms. The summed E-state index contributed by atoms with van der Waals surface area (Å²) >= 11 is 0. The largest absolute Gasteiger partial charge is 0.397 e. The first-order valence-corrected chi connectivity index (χ1v) is 6.53. The summed E-state index contributed by atoms with van der Waals surface area (Å²) in [6.07, 6.45) is 0.889. The third-order valence-electron chi connectivity index (χ3n) is 3.14. The van der Waals surface area contributed by atoms with Crippen molar-refractivity contribution in [1.29, 1.82) is 5.26 Å². The highest BCUT2D eigenvalue weighted by Crippen LogP contribution is 2.22. The van der Waals surface area contributed by atoms with Crippen LogP contribution in [0.4, 0.5) is 5.69 Å². The van der Waals surface area contributed by atoms with E-state index in [0.717, 1.165) is 17.8 Å². The van der Waals surface area contributed by atoms with Crippen molar-refractivity contribution in [2.75, 3.05) is 5.73 Å². The first-order chi connectivity index (χ1) is 9.11. The van der Waals surface area contributed by atoms with Crippen LogP contribution >= 0.6 is 0 Å². The van der Waals surface area contributed by atoms with Gasteiger partial charge in [0.25, 0.3) is 0 Å². The maximum atomic E-state index is 9.24. The minimum absolute atomic E-state index is 0.512. The molecule has 2 rings (SSSR count). The number of hydrogen-bond acceptors (Lipinski definition) is 2. The third kappa shape index (κ3) is 2.97. The second-order valence-corrected chi connectivity index (χ2v) is 5.21. The molecule has 0 radical (unpaired) electrons. The van der Waals surface area contributed by atoms with Gasteiger partial charge in [-0.15, -0.1) is 0 Å². The van der Waals surface area contributed by atoms with E-state index in [-0.39, 0.29) is 0 Å². The van der Waals surface area contributed by atoms with Gasteiger partial charge in [0.2, 0.25) is 0 Å². The lowest BCUT2D eigenvalue weighted by Gasteiger charge is -2.13. The Kier molecular flexibility index (Phi) is 3.91. The second kappa shape index (κ2) is 5.62. The van der Waals surface area contributed by atoms with Gasteiger partial charge in [-0.25, -0.2) is 0 Å². The summed E-state index contributed by atoms with van der Waals surface area (Å²) in [4.78, 5) is 0. The minimum atomic E-state index is 0.512. The fourth-order valence-corrected chi connectivity index (χ4v) is 2.26. The average Bonchev–Trinajstić information content (AvgIpc) is 2.68. The molecule has 0 atom stereocenters. The van der Waals surface area contributed by atoms with Crippen molar-refractivity contribution < 1.29 is 0 Å². The van der Waals surface area contributed by atoms with Crippen LogP contribution in [0.15, 0.2) is 36.4 Å². The van der Waals surface area contributed by atoms with Gasteiger partial charge >= 0.3 is 0 Å². The Hall–Kier alpha value is -2.21. The Bertz CT molecular complexity index is 588. The number of nitrogens with zero attached hydrogens (tertiary/aromatic N) is 2. The van der Waals surface area contributed by atoms with Gasteiger partial charge in [-0.05, 0) is 24.0 Å². The summed E-state index contributed by atoms with van der Waals surface area (Å²) in [6.45, 7) is 5.01. The molecule has 1 aromatic heterocycles. The Morgan fingerprint density at radius 3 is 2.53 bits per heavy atom. The van der Waals surface area contributed by atoms with E-state index in [4.69, 9.17) is 5.73 Å². The van der Waals surface area contributed by atoms with Crippen molar-refractivity contribution in [3.05, 3.63) is 53.3 Å². The summed E-state index contributed by atoms with van der Waals surface area (Å²) in [7, 11) is 0. The highest BCUT2D eigenvalue weighted by atomic mass is 15.0. The van der Waals surface area contributed by atoms with Gasteiger partial charge in [0.15, 0.2) is 0 Å². The molecular weight excluding hydrogens is 234 g/mol. The molecule has 0 saturated carbocycles. The van der Waals surface area contributed by atoms with Crippen molar-refractivity contribution in [3.63, 3.8) is 0 Å². The lowest BCUT2D eigenvalue weighted by molar-refractivity contribution is 0.604. The highest BCUT2D eigenvalue weighted by Gasteiger charge is 2.14. The first kappa shape index (κ1) is 13.2. The summed E-state index contributed by atoms with van der Waals surface area (Å²) < 4.78 is 2.03. The van der Waals surface area contributed by atoms with E-state index in [2.05, 4.69) is 32.0 Å². The zero-order valence-corrected chi connectivity index (χ0v) is 11.4. The van der Waals surface area contributed by atoms with Crippen molar-refractivity contribution in [2.24, 2.45) is 5.92 Å². The van der Waals surface area contributed by atoms with E-state index in [1.54, 1.807) is 6.07 Å². The molecule has 98 valence electrons. The van der Waals surface area contributed by atoms with E-state index in [9.17, 15) is 5.26 Å². The number of anilines is 1. The van der Waals surface area contributed by atoms with Gasteiger partial charge in [0, 0.05) is 12.2 Å². The molecule has 3 nitrogen and oxygen atoms in total. The quantitative estimate of drug-likeness (QED) is 0.909. The van der Waals surface area contributed by atoms with E-state index in [1.807, 2.05) is 22.8 Å². The summed E-state index contributed by atoms with van der Waals surface area (Å²) in [5.41, 5.74) is 9.65. The molecule has 0 amide bonds. The van der Waals surface area contributed by atoms with E-state index in [1.165, 1.54) is 5.56 Å². The second-order valence-electron chi connectivity index (χ2n) is 5.21. The minimum Gasteiger partial charge on any atom is -0.397 e. The van der Waals surface area contributed by atoms with E-state index < -0.39 is 0 Å². The molecule has 1 heterocycles. The summed E-state index contributed by atoms with van der Waals surface area (Å²) in [5.74, 6) is 0.512. The third-order valence-corrected chi connectivity index (χ3v) is 3.14. The number of nitrogens with two attached hydrogens (primary N) is 1. The number of aromatic nitrogens is 1. The predicted molar refractivity (Wildman–Crippen MR) is 77.6 cm³/mol. The van der Waals surface area contributed by atoms with E-state index >= 15 is 0 Å². The number of hydrogen-bond donors (Lipinski definition) is 1. The maximum absolute atomic E-state index is 9.24. The number of benzene rings is 1. The number of rotatable bonds is 4. The molecule has 0 aliphatic heterocycles. The molecule has 0 saturated heterocycles. The fourth-order valence-electron chi connectivity index (χ4n) is 2.26. The van der Waals surface area contributed by atoms with Gasteiger partial charge in [-0.1, -0.05) is 44.2 Å². The predicted octanol–water partition coefficient (Wildman–Crippen LogP) is 3.19. The van der Waals surface area contributed by atoms with Gasteiger partial charge in [0.05, 0.1) is 5.69 Å². The fraction of sp³-hybridized carbons (Fsp3) is 0.312. The molecule has 0 bridgehead atoms. The molecule has 0 unspecified atom stereocenters. The van der Waals surface area contributed by atoms with Crippen LogP contribution in [0, 0.1) is 17.2 Å². The molecule has 2 aromatic rings. The SMILES string of the molecule is CC(C)Cc1c(N)cc(C#N)n1Cc1ccccc1. The molecule has 2 N–H and O–H groups in total. The van der Waals surface area contributed by atoms with Crippen molar-refractivity contribution in [1.82, 2.24) is 4.57 Å². The maximum Gasteiger partial charge on any atom is 0.122 e. The van der Waals surface area contributed by atoms with Crippen LogP contribution in [0.3, 0.4) is 0 Å². The van der Waals surface area contributed by atoms with Gasteiger partial charge in [0.1, 0.15) is 11.8 Å². The molecule has 3 heteroatoms.